The number of halogens is 4. The third-order valence-corrected chi connectivity index (χ3v) is 6.55. The van der Waals surface area contributed by atoms with Gasteiger partial charge in [0.1, 0.15) is 23.3 Å². The van der Waals surface area contributed by atoms with Crippen LogP contribution < -0.4 is 10.2 Å². The quantitative estimate of drug-likeness (QED) is 0.184. The highest BCUT2D eigenvalue weighted by atomic mass is 19.4. The summed E-state index contributed by atoms with van der Waals surface area (Å²) >= 11 is 0. The van der Waals surface area contributed by atoms with Gasteiger partial charge in [-0.15, -0.1) is 0 Å². The molecule has 0 atom stereocenters. The largest absolute Gasteiger partial charge is 0.443 e. The molecule has 0 aliphatic heterocycles. The van der Waals surface area contributed by atoms with Gasteiger partial charge in [0, 0.05) is 11.1 Å². The molecule has 3 aromatic heterocycles. The van der Waals surface area contributed by atoms with Crippen molar-refractivity contribution in [3.05, 3.63) is 71.4 Å². The Hall–Kier alpha value is -5.94. The van der Waals surface area contributed by atoms with E-state index in [0.29, 0.717) is 16.5 Å². The molecule has 262 valence electrons. The lowest BCUT2D eigenvalue weighted by Crippen LogP contribution is -2.44. The number of alkyl halides is 3. The molecular weight excluding hydrogens is 668 g/mol. The van der Waals surface area contributed by atoms with Crippen molar-refractivity contribution in [3.8, 4) is 23.0 Å². The van der Waals surface area contributed by atoms with E-state index in [1.54, 1.807) is 48.5 Å². The number of carbonyl (C=O) groups is 3. The Labute approximate surface area is 281 Å². The van der Waals surface area contributed by atoms with Crippen LogP contribution in [0.5, 0.6) is 0 Å². The molecule has 5 aromatic rings. The van der Waals surface area contributed by atoms with E-state index >= 15 is 0 Å². The molecule has 3 heterocycles. The van der Waals surface area contributed by atoms with E-state index in [1.807, 2.05) is 0 Å². The normalized spacial score (nSPS) is 12.1. The highest BCUT2D eigenvalue weighted by Crippen LogP contribution is 2.32. The summed E-state index contributed by atoms with van der Waals surface area (Å²) in [7, 11) is 0. The number of nitrogens with zero attached hydrogens (tertiary/aromatic N) is 7. The van der Waals surface area contributed by atoms with Gasteiger partial charge < -0.3 is 19.3 Å². The lowest BCUT2D eigenvalue weighted by atomic mass is 10.1. The molecule has 5 rings (SSSR count). The van der Waals surface area contributed by atoms with Crippen LogP contribution >= 0.6 is 0 Å². The molecule has 0 bridgehead atoms. The number of aromatic nitrogens is 6. The summed E-state index contributed by atoms with van der Waals surface area (Å²) in [4.78, 5) is 52.5. The zero-order valence-corrected chi connectivity index (χ0v) is 27.7. The summed E-state index contributed by atoms with van der Waals surface area (Å²) < 4.78 is 71.9. The Balaban J connectivity index is 1.48. The molecule has 0 aliphatic rings. The molecule has 2 aromatic carbocycles. The second kappa shape index (κ2) is 12.8. The Bertz CT molecular complexity index is 2090. The van der Waals surface area contributed by atoms with E-state index < -0.39 is 46.9 Å². The van der Waals surface area contributed by atoms with Crippen LogP contribution in [0.4, 0.5) is 38.7 Å². The molecule has 0 saturated carbocycles. The first-order valence-corrected chi connectivity index (χ1v) is 14.8. The number of rotatable bonds is 5. The summed E-state index contributed by atoms with van der Waals surface area (Å²) in [5.74, 6) is -2.31. The van der Waals surface area contributed by atoms with E-state index in [4.69, 9.17) is 14.0 Å². The van der Waals surface area contributed by atoms with Crippen LogP contribution in [0, 0.1) is 12.7 Å². The maximum absolute atomic E-state index is 14.9. The second-order valence-electron chi connectivity index (χ2n) is 12.9. The number of anilines is 2. The highest BCUT2D eigenvalue weighted by molar-refractivity contribution is 6.11. The van der Waals surface area contributed by atoms with Gasteiger partial charge in [0.25, 0.3) is 11.8 Å². The molecule has 0 aliphatic carbocycles. The van der Waals surface area contributed by atoms with E-state index in [-0.39, 0.29) is 45.7 Å². The average Bonchev–Trinajstić information content (AvgIpc) is 3.64. The fraction of sp³-hybridized carbons (Fsp3) is 0.312. The standard InChI is InChI=1S/C32H30F4N8O6/c1-16-11-20(33)21(40-26(45)17-9-8-10-18(12-17)32(34,35)36)13-19(16)23-41-27(50-42-23)22-14-37-25-24(38-15-39-44(22)25)43(28(46)48-30(2,3)4)29(47)49-31(5,6)7/h8-15H,1-7H3,(H,40,45). The fourth-order valence-corrected chi connectivity index (χ4v) is 4.45. The number of benzene rings is 2. The molecule has 3 amide bonds. The average molecular weight is 699 g/mol. The highest BCUT2D eigenvalue weighted by Gasteiger charge is 2.36. The number of ether oxygens (including phenoxy) is 2. The van der Waals surface area contributed by atoms with Crippen LogP contribution in [0.25, 0.3) is 28.6 Å². The van der Waals surface area contributed by atoms with Crippen molar-refractivity contribution in [3.63, 3.8) is 0 Å². The minimum absolute atomic E-state index is 0.0552. The summed E-state index contributed by atoms with van der Waals surface area (Å²) in [6.07, 6.45) is -4.53. The third-order valence-electron chi connectivity index (χ3n) is 6.55. The van der Waals surface area contributed by atoms with Gasteiger partial charge in [0.05, 0.1) is 17.4 Å². The monoisotopic (exact) mass is 698 g/mol. The number of nitrogens with one attached hydrogen (secondary N) is 1. The first-order valence-electron chi connectivity index (χ1n) is 14.8. The van der Waals surface area contributed by atoms with Crippen molar-refractivity contribution in [2.24, 2.45) is 0 Å². The predicted molar refractivity (Wildman–Crippen MR) is 169 cm³/mol. The summed E-state index contributed by atoms with van der Waals surface area (Å²) in [6, 6.07) is 5.98. The van der Waals surface area contributed by atoms with Crippen molar-refractivity contribution in [1.29, 1.82) is 0 Å². The molecule has 0 radical (unpaired) electrons. The van der Waals surface area contributed by atoms with E-state index in [0.717, 1.165) is 30.6 Å². The zero-order valence-electron chi connectivity index (χ0n) is 27.7. The lowest BCUT2D eigenvalue weighted by molar-refractivity contribution is -0.137. The number of hydrogen-bond donors (Lipinski definition) is 1. The van der Waals surface area contributed by atoms with Gasteiger partial charge >= 0.3 is 18.4 Å². The van der Waals surface area contributed by atoms with Gasteiger partial charge in [0.15, 0.2) is 17.2 Å². The van der Waals surface area contributed by atoms with Crippen molar-refractivity contribution in [2.75, 3.05) is 10.2 Å². The van der Waals surface area contributed by atoms with Gasteiger partial charge in [0.2, 0.25) is 5.82 Å². The SMILES string of the molecule is Cc1cc(F)c(NC(=O)c2cccc(C(F)(F)F)c2)cc1-c1noc(-c2cnc3c(N(C(=O)OC(C)(C)C)C(=O)OC(C)(C)C)ncnn23)n1. The molecule has 0 spiro atoms. The van der Waals surface area contributed by atoms with Crippen LogP contribution in [0.1, 0.15) is 63.0 Å². The van der Waals surface area contributed by atoms with E-state index in [9.17, 15) is 31.9 Å². The molecule has 14 nitrogen and oxygen atoms in total. The van der Waals surface area contributed by atoms with Crippen molar-refractivity contribution in [2.45, 2.75) is 65.8 Å². The number of imide groups is 1. The van der Waals surface area contributed by atoms with Crippen LogP contribution in [-0.2, 0) is 15.7 Å². The minimum Gasteiger partial charge on any atom is -0.443 e. The summed E-state index contributed by atoms with van der Waals surface area (Å²) in [5.41, 5.74) is -3.13. The molecule has 0 unspecified atom stereocenters. The van der Waals surface area contributed by atoms with Gasteiger partial charge in [-0.2, -0.15) is 28.2 Å². The minimum atomic E-state index is -4.68. The van der Waals surface area contributed by atoms with Crippen LogP contribution in [0.2, 0.25) is 0 Å². The number of hydrogen-bond acceptors (Lipinski definition) is 11. The van der Waals surface area contributed by atoms with Gasteiger partial charge in [-0.1, -0.05) is 11.2 Å². The fourth-order valence-electron chi connectivity index (χ4n) is 4.45. The van der Waals surface area contributed by atoms with Gasteiger partial charge in [-0.05, 0) is 84.4 Å². The summed E-state index contributed by atoms with van der Waals surface area (Å²) in [6.45, 7) is 11.2. The lowest BCUT2D eigenvalue weighted by Gasteiger charge is -2.27. The second-order valence-corrected chi connectivity index (χ2v) is 12.9. The van der Waals surface area contributed by atoms with Crippen LogP contribution in [-0.4, -0.2) is 59.0 Å². The number of imidazole rings is 1. The van der Waals surface area contributed by atoms with Crippen LogP contribution in [0.15, 0.2) is 53.4 Å². The number of aryl methyl sites for hydroxylation is 1. The first kappa shape index (κ1) is 35.4. The number of carbonyl (C=O) groups excluding carboxylic acids is 3. The Morgan fingerprint density at radius 3 is 2.22 bits per heavy atom. The maximum Gasteiger partial charge on any atom is 0.425 e. The topological polar surface area (TPSA) is 167 Å². The van der Waals surface area contributed by atoms with Crippen molar-refractivity contribution < 1.29 is 45.9 Å². The predicted octanol–water partition coefficient (Wildman–Crippen LogP) is 7.24. The van der Waals surface area contributed by atoms with Crippen LogP contribution in [0.3, 0.4) is 0 Å². The molecular formula is C32H30F4N8O6. The Morgan fingerprint density at radius 1 is 0.940 bits per heavy atom. The third kappa shape index (κ3) is 7.68. The smallest absolute Gasteiger partial charge is 0.425 e. The molecule has 18 heteroatoms. The molecule has 0 fully saturated rings. The summed E-state index contributed by atoms with van der Waals surface area (Å²) in [5, 5.41) is 10.4. The molecule has 50 heavy (non-hydrogen) atoms. The number of amides is 3. The first-order chi connectivity index (χ1) is 23.2. The van der Waals surface area contributed by atoms with E-state index in [2.05, 4.69) is 30.5 Å². The van der Waals surface area contributed by atoms with Gasteiger partial charge in [-0.3, -0.25) is 4.79 Å². The Morgan fingerprint density at radius 2 is 1.60 bits per heavy atom. The van der Waals surface area contributed by atoms with E-state index in [1.165, 1.54) is 16.8 Å². The number of fused-ring (bicyclic) bond motifs is 1. The van der Waals surface area contributed by atoms with Crippen molar-refractivity contribution >= 4 is 35.2 Å². The molecule has 0 saturated heterocycles. The molecule has 1 N–H and O–H groups in total. The Kier molecular flexibility index (Phi) is 9.07. The van der Waals surface area contributed by atoms with Crippen molar-refractivity contribution in [1.82, 2.24) is 29.7 Å². The van der Waals surface area contributed by atoms with Gasteiger partial charge in [-0.25, -0.2) is 28.5 Å². The maximum atomic E-state index is 14.9. The zero-order chi connectivity index (χ0) is 36.8.